The van der Waals surface area contributed by atoms with Crippen LogP contribution in [0.5, 0.6) is 0 Å². The van der Waals surface area contributed by atoms with E-state index in [1.807, 2.05) is 0 Å². The van der Waals surface area contributed by atoms with Crippen molar-refractivity contribution in [1.82, 2.24) is 0 Å². The second-order valence-electron chi connectivity index (χ2n) is 8.55. The Morgan fingerprint density at radius 1 is 0.531 bits per heavy atom. The molecule has 6 aromatic rings. The molecular formula is C31H24N+. The molecule has 0 aliphatic rings. The Morgan fingerprint density at radius 3 is 1.75 bits per heavy atom. The number of benzene rings is 5. The number of aryl methyl sites for hydroxylation is 2. The van der Waals surface area contributed by atoms with E-state index in [0.717, 1.165) is 0 Å². The topological polar surface area (TPSA) is 3.88 Å². The quantitative estimate of drug-likeness (QED) is 0.204. The van der Waals surface area contributed by atoms with Crippen LogP contribution in [0, 0.1) is 6.92 Å². The minimum atomic E-state index is 1.23. The van der Waals surface area contributed by atoms with Gasteiger partial charge in [0.25, 0.3) is 0 Å². The number of rotatable bonds is 2. The fraction of sp³-hybridized carbons (Fsp3) is 0.0645. The van der Waals surface area contributed by atoms with Crippen molar-refractivity contribution in [3.8, 4) is 22.4 Å². The first-order valence-electron chi connectivity index (χ1n) is 11.1. The van der Waals surface area contributed by atoms with Crippen molar-refractivity contribution in [2.75, 3.05) is 0 Å². The fourth-order valence-corrected chi connectivity index (χ4v) is 5.11. The molecule has 0 bridgehead atoms. The molecule has 0 saturated carbocycles. The fourth-order valence-electron chi connectivity index (χ4n) is 5.11. The van der Waals surface area contributed by atoms with Gasteiger partial charge in [-0.05, 0) is 45.2 Å². The molecule has 5 aromatic carbocycles. The Kier molecular flexibility index (Phi) is 4.29. The van der Waals surface area contributed by atoms with Gasteiger partial charge in [0.15, 0.2) is 6.20 Å². The lowest BCUT2D eigenvalue weighted by Crippen LogP contribution is -2.31. The first kappa shape index (κ1) is 18.8. The highest BCUT2D eigenvalue weighted by Crippen LogP contribution is 2.38. The van der Waals surface area contributed by atoms with Gasteiger partial charge in [-0.3, -0.25) is 0 Å². The summed E-state index contributed by atoms with van der Waals surface area (Å²) in [6.45, 7) is 2.21. The van der Waals surface area contributed by atoms with Gasteiger partial charge in [0.1, 0.15) is 7.05 Å². The van der Waals surface area contributed by atoms with Crippen LogP contribution in [-0.4, -0.2) is 0 Å². The van der Waals surface area contributed by atoms with Crippen molar-refractivity contribution in [2.45, 2.75) is 6.92 Å². The molecule has 0 aliphatic heterocycles. The standard InChI is InChI=1S/C31H24N/c1-21-11-10-18-23(22-12-4-3-5-13-22)31(21)30-19-28-26-16-8-6-14-24(26)25-15-7-9-17-27(25)29(28)20-32(30)2/h3-20H,1-2H3/q+1. The summed E-state index contributed by atoms with van der Waals surface area (Å²) >= 11 is 0. The van der Waals surface area contributed by atoms with E-state index < -0.39 is 0 Å². The van der Waals surface area contributed by atoms with Gasteiger partial charge in [-0.25, -0.2) is 4.57 Å². The van der Waals surface area contributed by atoms with Crippen LogP contribution in [0.15, 0.2) is 109 Å². The Hall–Kier alpha value is -3.97. The number of hydrogen-bond donors (Lipinski definition) is 0. The lowest BCUT2D eigenvalue weighted by atomic mass is 9.90. The average molecular weight is 411 g/mol. The van der Waals surface area contributed by atoms with E-state index in [4.69, 9.17) is 0 Å². The first-order valence-corrected chi connectivity index (χ1v) is 11.1. The molecule has 0 spiro atoms. The molecule has 0 unspecified atom stereocenters. The van der Waals surface area contributed by atoms with E-state index in [9.17, 15) is 0 Å². The van der Waals surface area contributed by atoms with Crippen LogP contribution in [-0.2, 0) is 7.05 Å². The maximum absolute atomic E-state index is 2.39. The predicted molar refractivity (Wildman–Crippen MR) is 136 cm³/mol. The van der Waals surface area contributed by atoms with Crippen molar-refractivity contribution in [3.05, 3.63) is 115 Å². The van der Waals surface area contributed by atoms with E-state index >= 15 is 0 Å². The summed E-state index contributed by atoms with van der Waals surface area (Å²) in [5.74, 6) is 0. The largest absolute Gasteiger partial charge is 0.213 e. The SMILES string of the molecule is Cc1cccc(-c2ccccc2)c1-c1cc2c3ccccc3c3ccccc3c2c[n+]1C. The second kappa shape index (κ2) is 7.32. The van der Waals surface area contributed by atoms with E-state index in [-0.39, 0.29) is 0 Å². The maximum Gasteiger partial charge on any atom is 0.213 e. The van der Waals surface area contributed by atoms with Gasteiger partial charge in [0.05, 0.1) is 10.9 Å². The van der Waals surface area contributed by atoms with Crippen molar-refractivity contribution in [3.63, 3.8) is 0 Å². The molecule has 0 saturated heterocycles. The van der Waals surface area contributed by atoms with Crippen molar-refractivity contribution in [2.24, 2.45) is 7.05 Å². The second-order valence-corrected chi connectivity index (χ2v) is 8.55. The number of fused-ring (bicyclic) bond motifs is 6. The molecule has 0 radical (unpaired) electrons. The maximum atomic E-state index is 2.39. The summed E-state index contributed by atoms with van der Waals surface area (Å²) in [6, 6.07) is 37.2. The average Bonchev–Trinajstić information content (AvgIpc) is 2.84. The first-order chi connectivity index (χ1) is 15.7. The molecule has 6 rings (SSSR count). The van der Waals surface area contributed by atoms with Crippen molar-refractivity contribution < 1.29 is 4.57 Å². The van der Waals surface area contributed by atoms with E-state index in [1.54, 1.807) is 0 Å². The highest BCUT2D eigenvalue weighted by atomic mass is 14.9. The third kappa shape index (κ3) is 2.82. The molecule has 0 fully saturated rings. The highest BCUT2D eigenvalue weighted by Gasteiger charge is 2.21. The molecule has 1 heteroatoms. The molecule has 0 aliphatic carbocycles. The van der Waals surface area contributed by atoms with Gasteiger partial charge in [-0.2, -0.15) is 0 Å². The molecule has 1 aromatic heterocycles. The van der Waals surface area contributed by atoms with Gasteiger partial charge in [-0.15, -0.1) is 0 Å². The third-order valence-corrected chi connectivity index (χ3v) is 6.61. The summed E-state index contributed by atoms with van der Waals surface area (Å²) in [7, 11) is 2.17. The van der Waals surface area contributed by atoms with Crippen LogP contribution in [0.25, 0.3) is 54.7 Å². The number of pyridine rings is 1. The van der Waals surface area contributed by atoms with Gasteiger partial charge in [0.2, 0.25) is 5.69 Å². The van der Waals surface area contributed by atoms with Crippen molar-refractivity contribution in [1.29, 1.82) is 0 Å². The minimum Gasteiger partial charge on any atom is -0.200 e. The summed E-state index contributed by atoms with van der Waals surface area (Å²) in [6.07, 6.45) is 2.31. The molecule has 0 amide bonds. The molecule has 0 atom stereocenters. The lowest BCUT2D eigenvalue weighted by molar-refractivity contribution is -0.659. The zero-order valence-corrected chi connectivity index (χ0v) is 18.3. The van der Waals surface area contributed by atoms with E-state index in [1.165, 1.54) is 60.3 Å². The van der Waals surface area contributed by atoms with Crippen LogP contribution in [0.3, 0.4) is 0 Å². The van der Waals surface area contributed by atoms with Crippen LogP contribution in [0.1, 0.15) is 5.56 Å². The minimum absolute atomic E-state index is 1.23. The van der Waals surface area contributed by atoms with Gasteiger partial charge in [0, 0.05) is 11.5 Å². The van der Waals surface area contributed by atoms with Gasteiger partial charge >= 0.3 is 0 Å². The van der Waals surface area contributed by atoms with E-state index in [2.05, 4.69) is 128 Å². The predicted octanol–water partition coefficient (Wildman–Crippen LogP) is 7.61. The zero-order valence-electron chi connectivity index (χ0n) is 18.3. The molecule has 0 N–H and O–H groups in total. The third-order valence-electron chi connectivity index (χ3n) is 6.61. The van der Waals surface area contributed by atoms with Crippen LogP contribution in [0.2, 0.25) is 0 Å². The number of hydrogen-bond acceptors (Lipinski definition) is 0. The summed E-state index contributed by atoms with van der Waals surface area (Å²) in [5.41, 5.74) is 6.32. The summed E-state index contributed by atoms with van der Waals surface area (Å²) in [5, 5.41) is 7.82. The Balaban J connectivity index is 1.75. The van der Waals surface area contributed by atoms with Crippen LogP contribution < -0.4 is 4.57 Å². The Labute approximate surface area is 188 Å². The molecular weight excluding hydrogens is 386 g/mol. The monoisotopic (exact) mass is 410 g/mol. The van der Waals surface area contributed by atoms with Crippen LogP contribution in [0.4, 0.5) is 0 Å². The zero-order chi connectivity index (χ0) is 21.7. The number of nitrogens with zero attached hydrogens (tertiary/aromatic N) is 1. The summed E-state index contributed by atoms with van der Waals surface area (Å²) < 4.78 is 2.29. The highest BCUT2D eigenvalue weighted by molar-refractivity contribution is 6.25. The summed E-state index contributed by atoms with van der Waals surface area (Å²) in [4.78, 5) is 0. The van der Waals surface area contributed by atoms with E-state index in [0.29, 0.717) is 0 Å². The van der Waals surface area contributed by atoms with Gasteiger partial charge < -0.3 is 0 Å². The number of aromatic nitrogens is 1. The molecule has 1 nitrogen and oxygen atoms in total. The smallest absolute Gasteiger partial charge is 0.200 e. The lowest BCUT2D eigenvalue weighted by Gasteiger charge is -2.14. The van der Waals surface area contributed by atoms with Crippen molar-refractivity contribution >= 4 is 32.3 Å². The normalized spacial score (nSPS) is 11.4. The van der Waals surface area contributed by atoms with Gasteiger partial charge in [-0.1, -0.05) is 97.1 Å². The molecule has 152 valence electrons. The molecule has 32 heavy (non-hydrogen) atoms. The Bertz CT molecular complexity index is 1630. The van der Waals surface area contributed by atoms with Crippen LogP contribution >= 0.6 is 0 Å². The Morgan fingerprint density at radius 2 is 1.09 bits per heavy atom. The molecule has 1 heterocycles.